The zero-order chi connectivity index (χ0) is 19.9. The highest BCUT2D eigenvalue weighted by molar-refractivity contribution is 14.0. The number of nitrogens with one attached hydrogen (secondary N) is 2. The predicted molar refractivity (Wildman–Crippen MR) is 125 cm³/mol. The SMILES string of the molecule is CN=C(NCc1ccc(O)c(F)c1)NC1CCCN(c2cccc(OC)c2)C1.I. The molecular formula is C21H28FIN4O2. The number of aromatic hydroxyl groups is 1. The van der Waals surface area contributed by atoms with Crippen LogP contribution in [0, 0.1) is 5.82 Å². The Hall–Kier alpha value is -2.23. The average molecular weight is 514 g/mol. The van der Waals surface area contributed by atoms with E-state index >= 15 is 0 Å². The van der Waals surface area contributed by atoms with Gasteiger partial charge in [-0.3, -0.25) is 4.99 Å². The van der Waals surface area contributed by atoms with Crippen LogP contribution in [0.2, 0.25) is 0 Å². The Morgan fingerprint density at radius 3 is 2.86 bits per heavy atom. The fourth-order valence-corrected chi connectivity index (χ4v) is 3.37. The zero-order valence-electron chi connectivity index (χ0n) is 16.7. The minimum Gasteiger partial charge on any atom is -0.505 e. The second-order valence-electron chi connectivity index (χ2n) is 6.84. The van der Waals surface area contributed by atoms with Gasteiger partial charge in [-0.1, -0.05) is 12.1 Å². The van der Waals surface area contributed by atoms with Gasteiger partial charge in [-0.15, -0.1) is 24.0 Å². The van der Waals surface area contributed by atoms with Crippen molar-refractivity contribution in [1.29, 1.82) is 0 Å². The van der Waals surface area contributed by atoms with Crippen molar-refractivity contribution in [3.05, 3.63) is 53.8 Å². The Balaban J connectivity index is 0.00000300. The summed E-state index contributed by atoms with van der Waals surface area (Å²) >= 11 is 0. The van der Waals surface area contributed by atoms with Gasteiger partial charge in [0.2, 0.25) is 0 Å². The molecule has 6 nitrogen and oxygen atoms in total. The van der Waals surface area contributed by atoms with Crippen molar-refractivity contribution < 1.29 is 14.2 Å². The quantitative estimate of drug-likeness (QED) is 0.324. The van der Waals surface area contributed by atoms with E-state index in [4.69, 9.17) is 4.74 Å². The third-order valence-electron chi connectivity index (χ3n) is 4.88. The van der Waals surface area contributed by atoms with E-state index < -0.39 is 5.82 Å². The lowest BCUT2D eigenvalue weighted by Gasteiger charge is -2.35. The summed E-state index contributed by atoms with van der Waals surface area (Å²) < 4.78 is 18.8. The second kappa shape index (κ2) is 11.1. The van der Waals surface area contributed by atoms with Crippen molar-refractivity contribution in [2.75, 3.05) is 32.1 Å². The van der Waals surface area contributed by atoms with Gasteiger partial charge in [0.25, 0.3) is 0 Å². The number of halogens is 2. The number of guanidine groups is 1. The summed E-state index contributed by atoms with van der Waals surface area (Å²) in [6.07, 6.45) is 2.13. The van der Waals surface area contributed by atoms with E-state index in [9.17, 15) is 9.50 Å². The number of anilines is 1. The van der Waals surface area contributed by atoms with Gasteiger partial charge in [0.1, 0.15) is 5.75 Å². The monoisotopic (exact) mass is 514 g/mol. The van der Waals surface area contributed by atoms with E-state index in [0.29, 0.717) is 12.5 Å². The van der Waals surface area contributed by atoms with Crippen LogP contribution in [0.3, 0.4) is 0 Å². The summed E-state index contributed by atoms with van der Waals surface area (Å²) in [5.41, 5.74) is 1.88. The van der Waals surface area contributed by atoms with Crippen molar-refractivity contribution in [3.63, 3.8) is 0 Å². The molecule has 1 aliphatic rings. The van der Waals surface area contributed by atoms with Crippen molar-refractivity contribution in [3.8, 4) is 11.5 Å². The van der Waals surface area contributed by atoms with E-state index in [-0.39, 0.29) is 35.8 Å². The molecule has 2 aromatic rings. The third-order valence-corrected chi connectivity index (χ3v) is 4.88. The highest BCUT2D eigenvalue weighted by atomic mass is 127. The molecule has 0 spiro atoms. The van der Waals surface area contributed by atoms with Crippen LogP contribution < -0.4 is 20.3 Å². The number of piperidine rings is 1. The lowest BCUT2D eigenvalue weighted by molar-refractivity contribution is 0.414. The molecule has 0 aliphatic carbocycles. The molecule has 3 rings (SSSR count). The molecule has 1 heterocycles. The first kappa shape index (κ1) is 23.1. The number of rotatable bonds is 5. The van der Waals surface area contributed by atoms with Crippen molar-refractivity contribution in [1.82, 2.24) is 10.6 Å². The van der Waals surface area contributed by atoms with Crippen molar-refractivity contribution in [2.45, 2.75) is 25.4 Å². The van der Waals surface area contributed by atoms with Gasteiger partial charge >= 0.3 is 0 Å². The summed E-state index contributed by atoms with van der Waals surface area (Å²) in [5.74, 6) is 0.562. The van der Waals surface area contributed by atoms with Gasteiger partial charge in [-0.25, -0.2) is 4.39 Å². The van der Waals surface area contributed by atoms with Crippen LogP contribution in [0.5, 0.6) is 11.5 Å². The van der Waals surface area contributed by atoms with Gasteiger partial charge < -0.3 is 25.4 Å². The fraction of sp³-hybridized carbons (Fsp3) is 0.381. The molecule has 0 amide bonds. The zero-order valence-corrected chi connectivity index (χ0v) is 19.0. The molecule has 8 heteroatoms. The largest absolute Gasteiger partial charge is 0.505 e. The fourth-order valence-electron chi connectivity index (χ4n) is 3.37. The van der Waals surface area contributed by atoms with E-state index in [1.54, 1.807) is 20.2 Å². The molecule has 1 saturated heterocycles. The third kappa shape index (κ3) is 6.38. The topological polar surface area (TPSA) is 69.1 Å². The Labute approximate surface area is 188 Å². The molecule has 0 radical (unpaired) electrons. The molecule has 1 fully saturated rings. The number of methoxy groups -OCH3 is 1. The maximum atomic E-state index is 13.5. The second-order valence-corrected chi connectivity index (χ2v) is 6.84. The highest BCUT2D eigenvalue weighted by Gasteiger charge is 2.21. The normalized spacial score (nSPS) is 16.7. The summed E-state index contributed by atoms with van der Waals surface area (Å²) in [7, 11) is 3.39. The summed E-state index contributed by atoms with van der Waals surface area (Å²) in [6, 6.07) is 12.7. The van der Waals surface area contributed by atoms with Crippen LogP contribution in [0.4, 0.5) is 10.1 Å². The van der Waals surface area contributed by atoms with Crippen LogP contribution in [0.15, 0.2) is 47.5 Å². The molecule has 1 atom stereocenters. The van der Waals surface area contributed by atoms with Crippen molar-refractivity contribution >= 4 is 35.6 Å². The summed E-state index contributed by atoms with van der Waals surface area (Å²) in [5, 5.41) is 15.9. The lowest BCUT2D eigenvalue weighted by Crippen LogP contribution is -2.51. The van der Waals surface area contributed by atoms with Gasteiger partial charge in [-0.2, -0.15) is 0 Å². The first-order valence-corrected chi connectivity index (χ1v) is 9.42. The number of nitrogens with zero attached hydrogens (tertiary/aromatic N) is 2. The van der Waals surface area contributed by atoms with Crippen molar-refractivity contribution in [2.24, 2.45) is 4.99 Å². The number of phenols is 1. The molecule has 2 aromatic carbocycles. The van der Waals surface area contributed by atoms with E-state index in [0.717, 1.165) is 42.9 Å². The van der Waals surface area contributed by atoms with E-state index in [2.05, 4.69) is 32.7 Å². The van der Waals surface area contributed by atoms with Gasteiger partial charge in [0, 0.05) is 44.5 Å². The molecule has 1 unspecified atom stereocenters. The highest BCUT2D eigenvalue weighted by Crippen LogP contribution is 2.24. The first-order valence-electron chi connectivity index (χ1n) is 9.42. The number of hydrogen-bond donors (Lipinski definition) is 3. The number of hydrogen-bond acceptors (Lipinski definition) is 4. The molecular weight excluding hydrogens is 486 g/mol. The number of benzene rings is 2. The van der Waals surface area contributed by atoms with Gasteiger partial charge in [-0.05, 0) is 42.7 Å². The van der Waals surface area contributed by atoms with Crippen LogP contribution >= 0.6 is 24.0 Å². The maximum Gasteiger partial charge on any atom is 0.191 e. The standard InChI is InChI=1S/C21H27FN4O2.HI/c1-23-21(24-13-15-8-9-20(27)19(22)11-15)25-16-5-4-10-26(14-16)17-6-3-7-18(12-17)28-2;/h3,6-9,11-12,16,27H,4-5,10,13-14H2,1-2H3,(H2,23,24,25);1H. The molecule has 1 aliphatic heterocycles. The minimum atomic E-state index is -0.622. The predicted octanol–water partition coefficient (Wildman–Crippen LogP) is 3.49. The number of aliphatic imine (C=N–C) groups is 1. The molecule has 158 valence electrons. The van der Waals surface area contributed by atoms with Crippen LogP contribution in [0.1, 0.15) is 18.4 Å². The minimum absolute atomic E-state index is 0. The van der Waals surface area contributed by atoms with E-state index in [1.165, 1.54) is 12.1 Å². The number of ether oxygens (including phenoxy) is 1. The molecule has 3 N–H and O–H groups in total. The Morgan fingerprint density at radius 1 is 1.31 bits per heavy atom. The van der Waals surface area contributed by atoms with Crippen LogP contribution in [0.25, 0.3) is 0 Å². The Bertz CT molecular complexity index is 834. The van der Waals surface area contributed by atoms with E-state index in [1.807, 2.05) is 12.1 Å². The lowest BCUT2D eigenvalue weighted by atomic mass is 10.0. The molecule has 0 saturated carbocycles. The smallest absolute Gasteiger partial charge is 0.191 e. The average Bonchev–Trinajstić information content (AvgIpc) is 2.73. The first-order chi connectivity index (χ1) is 13.6. The molecule has 29 heavy (non-hydrogen) atoms. The van der Waals surface area contributed by atoms with Gasteiger partial charge in [0.15, 0.2) is 17.5 Å². The molecule has 0 aromatic heterocycles. The Kier molecular flexibility index (Phi) is 8.81. The van der Waals surface area contributed by atoms with Crippen LogP contribution in [-0.2, 0) is 6.54 Å². The summed E-state index contributed by atoms with van der Waals surface area (Å²) in [4.78, 5) is 6.61. The number of phenolic OH excluding ortho intramolecular Hbond substituents is 1. The van der Waals surface area contributed by atoms with Gasteiger partial charge in [0.05, 0.1) is 7.11 Å². The molecule has 0 bridgehead atoms. The van der Waals surface area contributed by atoms with Crippen LogP contribution in [-0.4, -0.2) is 44.4 Å². The maximum absolute atomic E-state index is 13.5. The Morgan fingerprint density at radius 2 is 2.14 bits per heavy atom. The summed E-state index contributed by atoms with van der Waals surface area (Å²) in [6.45, 7) is 2.29.